The molecule has 0 unspecified atom stereocenters. The normalized spacial score (nSPS) is 10.6. The SMILES string of the molecule is CNCc1cccc(C)c1OCc1cn(C)nn1. The Morgan fingerprint density at radius 2 is 2.22 bits per heavy atom. The summed E-state index contributed by atoms with van der Waals surface area (Å²) in [5, 5.41) is 11.0. The van der Waals surface area contributed by atoms with Gasteiger partial charge in [-0.05, 0) is 19.5 Å². The van der Waals surface area contributed by atoms with Gasteiger partial charge in [0.05, 0.1) is 6.20 Å². The van der Waals surface area contributed by atoms with Gasteiger partial charge in [-0.3, -0.25) is 4.68 Å². The molecule has 0 bridgehead atoms. The molecule has 0 amide bonds. The molecular formula is C13H18N4O. The fraction of sp³-hybridized carbons (Fsp3) is 0.385. The third-order valence-electron chi connectivity index (χ3n) is 2.68. The van der Waals surface area contributed by atoms with Crippen LogP contribution in [0.1, 0.15) is 16.8 Å². The summed E-state index contributed by atoms with van der Waals surface area (Å²) in [6.45, 7) is 3.28. The molecule has 0 saturated heterocycles. The van der Waals surface area contributed by atoms with Crippen molar-refractivity contribution in [2.45, 2.75) is 20.1 Å². The van der Waals surface area contributed by atoms with Crippen molar-refractivity contribution in [3.05, 3.63) is 41.2 Å². The van der Waals surface area contributed by atoms with Crippen LogP contribution >= 0.6 is 0 Å². The fourth-order valence-corrected chi connectivity index (χ4v) is 1.86. The number of nitrogens with one attached hydrogen (secondary N) is 1. The van der Waals surface area contributed by atoms with E-state index in [0.29, 0.717) is 6.61 Å². The third kappa shape index (κ3) is 2.87. The largest absolute Gasteiger partial charge is 0.487 e. The van der Waals surface area contributed by atoms with Gasteiger partial charge in [0.2, 0.25) is 0 Å². The zero-order valence-electron chi connectivity index (χ0n) is 11.0. The minimum atomic E-state index is 0.440. The molecule has 1 heterocycles. The lowest BCUT2D eigenvalue weighted by molar-refractivity contribution is 0.295. The highest BCUT2D eigenvalue weighted by atomic mass is 16.5. The van der Waals surface area contributed by atoms with Crippen molar-refractivity contribution >= 4 is 0 Å². The second kappa shape index (κ2) is 5.64. The number of para-hydroxylation sites is 1. The van der Waals surface area contributed by atoms with E-state index >= 15 is 0 Å². The predicted molar refractivity (Wildman–Crippen MR) is 69.3 cm³/mol. The number of aryl methyl sites for hydroxylation is 2. The van der Waals surface area contributed by atoms with Crippen molar-refractivity contribution in [2.24, 2.45) is 7.05 Å². The first-order valence-electron chi connectivity index (χ1n) is 5.92. The van der Waals surface area contributed by atoms with Gasteiger partial charge in [0.1, 0.15) is 18.1 Å². The van der Waals surface area contributed by atoms with Crippen LogP contribution in [0.2, 0.25) is 0 Å². The Balaban J connectivity index is 2.12. The lowest BCUT2D eigenvalue weighted by Gasteiger charge is -2.12. The smallest absolute Gasteiger partial charge is 0.134 e. The summed E-state index contributed by atoms with van der Waals surface area (Å²) in [5.74, 6) is 0.928. The average Bonchev–Trinajstić information content (AvgIpc) is 2.75. The fourth-order valence-electron chi connectivity index (χ4n) is 1.86. The maximum atomic E-state index is 5.86. The molecule has 1 N–H and O–H groups in total. The number of benzene rings is 1. The zero-order chi connectivity index (χ0) is 13.0. The maximum Gasteiger partial charge on any atom is 0.134 e. The van der Waals surface area contributed by atoms with Gasteiger partial charge in [0.25, 0.3) is 0 Å². The summed E-state index contributed by atoms with van der Waals surface area (Å²) in [7, 11) is 3.77. The number of rotatable bonds is 5. The van der Waals surface area contributed by atoms with Crippen LogP contribution in [-0.4, -0.2) is 22.0 Å². The maximum absolute atomic E-state index is 5.86. The zero-order valence-corrected chi connectivity index (χ0v) is 11.0. The van der Waals surface area contributed by atoms with Crippen molar-refractivity contribution in [3.8, 4) is 5.75 Å². The monoisotopic (exact) mass is 246 g/mol. The van der Waals surface area contributed by atoms with Crippen LogP contribution in [0.15, 0.2) is 24.4 Å². The summed E-state index contributed by atoms with van der Waals surface area (Å²) in [4.78, 5) is 0. The number of ether oxygens (including phenoxy) is 1. The van der Waals surface area contributed by atoms with Gasteiger partial charge in [-0.25, -0.2) is 0 Å². The summed E-state index contributed by atoms with van der Waals surface area (Å²) in [6, 6.07) is 6.15. The molecule has 5 heteroatoms. The Morgan fingerprint density at radius 1 is 1.39 bits per heavy atom. The van der Waals surface area contributed by atoms with E-state index in [1.165, 1.54) is 0 Å². The van der Waals surface area contributed by atoms with Crippen LogP contribution in [0.25, 0.3) is 0 Å². The lowest BCUT2D eigenvalue weighted by Crippen LogP contribution is -2.08. The molecule has 0 aliphatic carbocycles. The predicted octanol–water partition coefficient (Wildman–Crippen LogP) is 1.42. The summed E-state index contributed by atoms with van der Waals surface area (Å²) in [5.41, 5.74) is 3.11. The molecule has 0 aliphatic heterocycles. The van der Waals surface area contributed by atoms with Gasteiger partial charge in [0.15, 0.2) is 0 Å². The average molecular weight is 246 g/mol. The summed E-state index contributed by atoms with van der Waals surface area (Å²) < 4.78 is 7.54. The Kier molecular flexibility index (Phi) is 3.94. The van der Waals surface area contributed by atoms with E-state index in [2.05, 4.69) is 21.7 Å². The van der Waals surface area contributed by atoms with E-state index in [4.69, 9.17) is 4.74 Å². The van der Waals surface area contributed by atoms with Gasteiger partial charge in [-0.15, -0.1) is 5.10 Å². The van der Waals surface area contributed by atoms with Crippen LogP contribution in [0.5, 0.6) is 5.75 Å². The standard InChI is InChI=1S/C13H18N4O/c1-10-5-4-6-11(7-14-2)13(10)18-9-12-8-17(3)16-15-12/h4-6,8,14H,7,9H2,1-3H3. The number of nitrogens with zero attached hydrogens (tertiary/aromatic N) is 3. The van der Waals surface area contributed by atoms with E-state index in [-0.39, 0.29) is 0 Å². The molecular weight excluding hydrogens is 228 g/mol. The summed E-state index contributed by atoms with van der Waals surface area (Å²) in [6.07, 6.45) is 1.86. The van der Waals surface area contributed by atoms with E-state index < -0.39 is 0 Å². The molecule has 2 rings (SSSR count). The lowest BCUT2D eigenvalue weighted by atomic mass is 10.1. The number of hydrogen-bond acceptors (Lipinski definition) is 4. The van der Waals surface area contributed by atoms with Gasteiger partial charge in [-0.1, -0.05) is 23.4 Å². The highest BCUT2D eigenvalue weighted by molar-refractivity contribution is 5.40. The third-order valence-corrected chi connectivity index (χ3v) is 2.68. The highest BCUT2D eigenvalue weighted by Crippen LogP contribution is 2.24. The van der Waals surface area contributed by atoms with E-state index in [1.54, 1.807) is 4.68 Å². The molecule has 2 aromatic rings. The Labute approximate surface area is 107 Å². The first-order valence-corrected chi connectivity index (χ1v) is 5.92. The topological polar surface area (TPSA) is 52.0 Å². The van der Waals surface area contributed by atoms with Crippen molar-refractivity contribution < 1.29 is 4.74 Å². The second-order valence-electron chi connectivity index (χ2n) is 4.27. The molecule has 0 spiro atoms. The number of aromatic nitrogens is 3. The first kappa shape index (κ1) is 12.6. The van der Waals surface area contributed by atoms with Crippen molar-refractivity contribution in [3.63, 3.8) is 0 Å². The van der Waals surface area contributed by atoms with Gasteiger partial charge in [-0.2, -0.15) is 0 Å². The van der Waals surface area contributed by atoms with Crippen LogP contribution in [0.3, 0.4) is 0 Å². The Hall–Kier alpha value is -1.88. The second-order valence-corrected chi connectivity index (χ2v) is 4.27. The molecule has 0 atom stereocenters. The first-order chi connectivity index (χ1) is 8.70. The van der Waals surface area contributed by atoms with Gasteiger partial charge < -0.3 is 10.1 Å². The van der Waals surface area contributed by atoms with Crippen LogP contribution in [0, 0.1) is 6.92 Å². The molecule has 1 aromatic carbocycles. The quantitative estimate of drug-likeness (QED) is 0.867. The van der Waals surface area contributed by atoms with Crippen LogP contribution in [0.4, 0.5) is 0 Å². The van der Waals surface area contributed by atoms with E-state index in [0.717, 1.165) is 29.1 Å². The number of hydrogen-bond donors (Lipinski definition) is 1. The van der Waals surface area contributed by atoms with Crippen LogP contribution < -0.4 is 10.1 Å². The minimum Gasteiger partial charge on any atom is -0.487 e. The Morgan fingerprint density at radius 3 is 2.89 bits per heavy atom. The molecule has 96 valence electrons. The van der Waals surface area contributed by atoms with Crippen LogP contribution in [-0.2, 0) is 20.2 Å². The van der Waals surface area contributed by atoms with E-state index in [1.807, 2.05) is 39.3 Å². The van der Waals surface area contributed by atoms with Gasteiger partial charge >= 0.3 is 0 Å². The molecule has 0 aliphatic rings. The summed E-state index contributed by atoms with van der Waals surface area (Å²) >= 11 is 0. The van der Waals surface area contributed by atoms with E-state index in [9.17, 15) is 0 Å². The van der Waals surface area contributed by atoms with Crippen molar-refractivity contribution in [2.75, 3.05) is 7.05 Å². The molecule has 18 heavy (non-hydrogen) atoms. The highest BCUT2D eigenvalue weighted by Gasteiger charge is 2.07. The molecule has 0 saturated carbocycles. The molecule has 0 fully saturated rings. The van der Waals surface area contributed by atoms with Crippen molar-refractivity contribution in [1.82, 2.24) is 20.3 Å². The molecule has 1 aromatic heterocycles. The minimum absolute atomic E-state index is 0.440. The molecule has 5 nitrogen and oxygen atoms in total. The molecule has 0 radical (unpaired) electrons. The van der Waals surface area contributed by atoms with Crippen molar-refractivity contribution in [1.29, 1.82) is 0 Å². The Bertz CT molecular complexity index is 521. The van der Waals surface area contributed by atoms with Gasteiger partial charge in [0, 0.05) is 19.2 Å².